The van der Waals surface area contributed by atoms with Gasteiger partial charge in [-0.3, -0.25) is 5.43 Å². The molecule has 0 aromatic carbocycles. The summed E-state index contributed by atoms with van der Waals surface area (Å²) in [5.74, 6) is 5.46. The van der Waals surface area contributed by atoms with Crippen molar-refractivity contribution in [1.29, 1.82) is 0 Å². The van der Waals surface area contributed by atoms with E-state index in [-0.39, 0.29) is 17.8 Å². The van der Waals surface area contributed by atoms with Crippen LogP contribution in [0.15, 0.2) is 6.07 Å². The molecule has 1 aromatic rings. The Morgan fingerprint density at radius 2 is 1.90 bits per heavy atom. The molecule has 1 saturated carbocycles. The van der Waals surface area contributed by atoms with Gasteiger partial charge in [-0.15, -0.1) is 0 Å². The second-order valence-electron chi connectivity index (χ2n) is 5.47. The number of rotatable bonds is 3. The largest absolute Gasteiger partial charge is 0.433 e. The molecule has 4 N–H and O–H groups in total. The first-order valence-corrected chi connectivity index (χ1v) is 7.09. The normalized spacial score (nSPS) is 23.5. The number of halogens is 3. The smallest absolute Gasteiger partial charge is 0.367 e. The second kappa shape index (κ2) is 6.46. The van der Waals surface area contributed by atoms with E-state index in [1.165, 1.54) is 0 Å². The monoisotopic (exact) mass is 303 g/mol. The Hall–Kier alpha value is -1.57. The minimum atomic E-state index is -4.53. The minimum absolute atomic E-state index is 0.120. The van der Waals surface area contributed by atoms with Gasteiger partial charge in [0, 0.05) is 12.1 Å². The zero-order valence-electron chi connectivity index (χ0n) is 11.9. The lowest BCUT2D eigenvalue weighted by molar-refractivity contribution is -0.141. The molecule has 1 aliphatic carbocycles. The Kier molecular flexibility index (Phi) is 4.87. The van der Waals surface area contributed by atoms with Gasteiger partial charge in [-0.05, 0) is 18.8 Å². The van der Waals surface area contributed by atoms with Crippen molar-refractivity contribution in [2.45, 2.75) is 51.2 Å². The van der Waals surface area contributed by atoms with Crippen LogP contribution in [0.5, 0.6) is 0 Å². The fraction of sp³-hybridized carbons (Fsp3) is 0.692. The van der Waals surface area contributed by atoms with Gasteiger partial charge < -0.3 is 5.32 Å². The number of hydrogen-bond acceptors (Lipinski definition) is 5. The Labute approximate surface area is 121 Å². The highest BCUT2D eigenvalue weighted by Crippen LogP contribution is 2.31. The molecule has 118 valence electrons. The third kappa shape index (κ3) is 4.20. The number of nitrogen functional groups attached to an aromatic ring is 1. The van der Waals surface area contributed by atoms with Gasteiger partial charge in [0.1, 0.15) is 5.82 Å². The molecule has 0 radical (unpaired) electrons. The molecule has 2 atom stereocenters. The number of anilines is 2. The summed E-state index contributed by atoms with van der Waals surface area (Å²) in [6.07, 6.45) is 0.859. The number of nitrogens with zero attached hydrogens (tertiary/aromatic N) is 2. The van der Waals surface area contributed by atoms with Gasteiger partial charge in [0.2, 0.25) is 5.95 Å². The number of aromatic nitrogens is 2. The van der Waals surface area contributed by atoms with Crippen molar-refractivity contribution in [1.82, 2.24) is 9.97 Å². The quantitative estimate of drug-likeness (QED) is 0.454. The van der Waals surface area contributed by atoms with Gasteiger partial charge in [0.25, 0.3) is 0 Å². The van der Waals surface area contributed by atoms with Crippen molar-refractivity contribution in [3.05, 3.63) is 11.8 Å². The Balaban J connectivity index is 2.22. The maximum Gasteiger partial charge on any atom is 0.433 e. The van der Waals surface area contributed by atoms with E-state index in [2.05, 4.69) is 27.6 Å². The van der Waals surface area contributed by atoms with Crippen LogP contribution in [-0.2, 0) is 6.18 Å². The van der Waals surface area contributed by atoms with Gasteiger partial charge in [0.15, 0.2) is 5.69 Å². The summed E-state index contributed by atoms with van der Waals surface area (Å²) in [6.45, 7) is 2.11. The highest BCUT2D eigenvalue weighted by molar-refractivity contribution is 5.43. The number of nitrogens with one attached hydrogen (secondary N) is 2. The molecule has 1 fully saturated rings. The standard InChI is InChI=1S/C13H20F3N5/c1-8-5-3-2-4-6-9(8)18-11-7-10(13(14,15)16)19-12(20-11)21-17/h7-9H,2-6,17H2,1H3,(H2,18,19,20,21). The summed E-state index contributed by atoms with van der Waals surface area (Å²) >= 11 is 0. The first-order valence-electron chi connectivity index (χ1n) is 7.09. The predicted molar refractivity (Wildman–Crippen MR) is 74.5 cm³/mol. The van der Waals surface area contributed by atoms with Crippen LogP contribution in [-0.4, -0.2) is 16.0 Å². The highest BCUT2D eigenvalue weighted by Gasteiger charge is 2.34. The lowest BCUT2D eigenvalue weighted by Gasteiger charge is -2.24. The van der Waals surface area contributed by atoms with E-state index in [1.807, 2.05) is 0 Å². The van der Waals surface area contributed by atoms with Crippen molar-refractivity contribution in [3.63, 3.8) is 0 Å². The van der Waals surface area contributed by atoms with Crippen LogP contribution >= 0.6 is 0 Å². The molecule has 0 amide bonds. The fourth-order valence-electron chi connectivity index (χ4n) is 2.63. The lowest BCUT2D eigenvalue weighted by atomic mass is 9.97. The van der Waals surface area contributed by atoms with Crippen LogP contribution < -0.4 is 16.6 Å². The third-order valence-electron chi connectivity index (χ3n) is 3.84. The molecule has 0 spiro atoms. The Morgan fingerprint density at radius 3 is 2.57 bits per heavy atom. The molecule has 21 heavy (non-hydrogen) atoms. The number of alkyl halides is 3. The number of nitrogens with two attached hydrogens (primary N) is 1. The zero-order chi connectivity index (χ0) is 15.5. The Bertz CT molecular complexity index is 477. The van der Waals surface area contributed by atoms with E-state index in [0.717, 1.165) is 38.2 Å². The van der Waals surface area contributed by atoms with Crippen molar-refractivity contribution in [3.8, 4) is 0 Å². The van der Waals surface area contributed by atoms with Crippen LogP contribution in [0.25, 0.3) is 0 Å². The van der Waals surface area contributed by atoms with Gasteiger partial charge >= 0.3 is 6.18 Å². The van der Waals surface area contributed by atoms with Crippen LogP contribution in [0.2, 0.25) is 0 Å². The minimum Gasteiger partial charge on any atom is -0.367 e. The highest BCUT2D eigenvalue weighted by atomic mass is 19.4. The van der Waals surface area contributed by atoms with Gasteiger partial charge in [-0.1, -0.05) is 26.2 Å². The van der Waals surface area contributed by atoms with Crippen molar-refractivity contribution < 1.29 is 13.2 Å². The van der Waals surface area contributed by atoms with Crippen molar-refractivity contribution in [2.24, 2.45) is 11.8 Å². The van der Waals surface area contributed by atoms with Crippen molar-refractivity contribution >= 4 is 11.8 Å². The van der Waals surface area contributed by atoms with Crippen LogP contribution in [0, 0.1) is 5.92 Å². The maximum atomic E-state index is 12.8. The molecule has 2 rings (SSSR count). The summed E-state index contributed by atoms with van der Waals surface area (Å²) in [4.78, 5) is 7.31. The zero-order valence-corrected chi connectivity index (χ0v) is 11.9. The lowest BCUT2D eigenvalue weighted by Crippen LogP contribution is -2.27. The molecule has 8 heteroatoms. The predicted octanol–water partition coefficient (Wildman–Crippen LogP) is 3.16. The number of hydrazine groups is 1. The van der Waals surface area contributed by atoms with E-state index >= 15 is 0 Å². The Morgan fingerprint density at radius 1 is 1.19 bits per heavy atom. The van der Waals surface area contributed by atoms with Gasteiger partial charge in [0.05, 0.1) is 0 Å². The molecular formula is C13H20F3N5. The maximum absolute atomic E-state index is 12.8. The van der Waals surface area contributed by atoms with Gasteiger partial charge in [-0.2, -0.15) is 18.2 Å². The van der Waals surface area contributed by atoms with E-state index < -0.39 is 11.9 Å². The average Bonchev–Trinajstić information content (AvgIpc) is 2.63. The SMILES string of the molecule is CC1CCCCCC1Nc1cc(C(F)(F)F)nc(NN)n1. The summed E-state index contributed by atoms with van der Waals surface area (Å²) in [7, 11) is 0. The second-order valence-corrected chi connectivity index (χ2v) is 5.47. The van der Waals surface area contributed by atoms with E-state index in [4.69, 9.17) is 5.84 Å². The summed E-state index contributed by atoms with van der Waals surface area (Å²) < 4.78 is 38.5. The molecule has 0 saturated heterocycles. The average molecular weight is 303 g/mol. The van der Waals surface area contributed by atoms with Crippen molar-refractivity contribution in [2.75, 3.05) is 10.7 Å². The summed E-state index contributed by atoms with van der Waals surface area (Å²) in [6, 6.07) is 1.05. The van der Waals surface area contributed by atoms with Crippen LogP contribution in [0.3, 0.4) is 0 Å². The molecule has 1 heterocycles. The summed E-state index contributed by atoms with van der Waals surface area (Å²) in [5.41, 5.74) is 1.07. The molecular weight excluding hydrogens is 283 g/mol. The molecule has 1 aromatic heterocycles. The summed E-state index contributed by atoms with van der Waals surface area (Å²) in [5, 5.41) is 3.11. The molecule has 0 bridgehead atoms. The van der Waals surface area contributed by atoms with Crippen LogP contribution in [0.1, 0.15) is 44.7 Å². The topological polar surface area (TPSA) is 75.9 Å². The van der Waals surface area contributed by atoms with E-state index in [1.54, 1.807) is 0 Å². The van der Waals surface area contributed by atoms with E-state index in [9.17, 15) is 13.2 Å². The fourth-order valence-corrected chi connectivity index (χ4v) is 2.63. The molecule has 1 aliphatic rings. The van der Waals surface area contributed by atoms with Gasteiger partial charge in [-0.25, -0.2) is 10.8 Å². The van der Waals surface area contributed by atoms with E-state index in [0.29, 0.717) is 5.92 Å². The first kappa shape index (κ1) is 15.8. The third-order valence-corrected chi connectivity index (χ3v) is 3.84. The van der Waals surface area contributed by atoms with Crippen LogP contribution in [0.4, 0.5) is 24.9 Å². The molecule has 2 unspecified atom stereocenters. The molecule has 5 nitrogen and oxygen atoms in total. The first-order chi connectivity index (χ1) is 9.90. The number of hydrogen-bond donors (Lipinski definition) is 3. The molecule has 0 aliphatic heterocycles.